The van der Waals surface area contributed by atoms with E-state index in [0.717, 1.165) is 5.56 Å². The summed E-state index contributed by atoms with van der Waals surface area (Å²) in [5, 5.41) is 14.5. The van der Waals surface area contributed by atoms with Gasteiger partial charge in [-0.3, -0.25) is 14.4 Å². The number of hydrogen-bond donors (Lipinski definition) is 3. The van der Waals surface area contributed by atoms with Gasteiger partial charge in [0.1, 0.15) is 11.7 Å². The summed E-state index contributed by atoms with van der Waals surface area (Å²) < 4.78 is 0. The maximum Gasteiger partial charge on any atom is 0.325 e. The van der Waals surface area contributed by atoms with Crippen LogP contribution in [0.2, 0.25) is 5.02 Å². The van der Waals surface area contributed by atoms with Crippen LogP contribution in [-0.4, -0.2) is 28.9 Å². The number of rotatable bonds is 6. The minimum absolute atomic E-state index is 0.0541. The van der Waals surface area contributed by atoms with Crippen LogP contribution in [0.1, 0.15) is 49.2 Å². The summed E-state index contributed by atoms with van der Waals surface area (Å²) in [5.41, 5.74) is 1.95. The van der Waals surface area contributed by atoms with Crippen LogP contribution in [-0.2, 0) is 15.0 Å². The van der Waals surface area contributed by atoms with E-state index in [1.807, 2.05) is 12.1 Å². The van der Waals surface area contributed by atoms with Crippen molar-refractivity contribution < 1.29 is 19.5 Å². The molecule has 0 saturated heterocycles. The summed E-state index contributed by atoms with van der Waals surface area (Å²) in [6, 6.07) is 12.6. The molecular weight excluding hydrogens is 404 g/mol. The first-order chi connectivity index (χ1) is 14.0. The van der Waals surface area contributed by atoms with E-state index in [1.54, 1.807) is 36.4 Å². The second kappa shape index (κ2) is 9.59. The summed E-state index contributed by atoms with van der Waals surface area (Å²) in [7, 11) is 0. The van der Waals surface area contributed by atoms with Crippen molar-refractivity contribution in [1.29, 1.82) is 0 Å². The van der Waals surface area contributed by atoms with Crippen LogP contribution in [0.3, 0.4) is 0 Å². The number of benzene rings is 2. The number of carboxylic acids is 1. The molecule has 0 heterocycles. The molecule has 3 N–H and O–H groups in total. The van der Waals surface area contributed by atoms with Crippen LogP contribution in [0, 0.1) is 0 Å². The van der Waals surface area contributed by atoms with Crippen LogP contribution in [0.4, 0.5) is 0 Å². The smallest absolute Gasteiger partial charge is 0.325 e. The van der Waals surface area contributed by atoms with E-state index in [-0.39, 0.29) is 11.1 Å². The van der Waals surface area contributed by atoms with E-state index in [4.69, 9.17) is 16.7 Å². The fourth-order valence-electron chi connectivity index (χ4n) is 2.54. The van der Waals surface area contributed by atoms with E-state index in [2.05, 4.69) is 31.4 Å². The first kappa shape index (κ1) is 23.2. The molecule has 7 heteroatoms. The van der Waals surface area contributed by atoms with Gasteiger partial charge in [0.15, 0.2) is 0 Å². The average Bonchev–Trinajstić information content (AvgIpc) is 2.68. The van der Waals surface area contributed by atoms with Crippen molar-refractivity contribution in [1.82, 2.24) is 10.6 Å². The lowest BCUT2D eigenvalue weighted by atomic mass is 9.87. The summed E-state index contributed by atoms with van der Waals surface area (Å²) in [5.74, 6) is -2.37. The zero-order valence-electron chi connectivity index (χ0n) is 17.3. The Labute approximate surface area is 180 Å². The second-order valence-corrected chi connectivity index (χ2v) is 8.36. The maximum absolute atomic E-state index is 12.7. The lowest BCUT2D eigenvalue weighted by molar-refractivity contribution is -0.140. The molecule has 2 rings (SSSR count). The van der Waals surface area contributed by atoms with E-state index in [9.17, 15) is 14.4 Å². The third-order valence-corrected chi connectivity index (χ3v) is 4.66. The predicted molar refractivity (Wildman–Crippen MR) is 117 cm³/mol. The number of carbonyl (C=O) groups is 3. The molecule has 0 fully saturated rings. The molecule has 0 aromatic heterocycles. The van der Waals surface area contributed by atoms with Gasteiger partial charge < -0.3 is 15.7 Å². The first-order valence-corrected chi connectivity index (χ1v) is 9.78. The average molecular weight is 429 g/mol. The zero-order chi connectivity index (χ0) is 22.5. The topological polar surface area (TPSA) is 95.5 Å². The Morgan fingerprint density at radius 3 is 2.07 bits per heavy atom. The van der Waals surface area contributed by atoms with Gasteiger partial charge in [-0.05, 0) is 53.8 Å². The third kappa shape index (κ3) is 6.46. The Morgan fingerprint density at radius 1 is 1.00 bits per heavy atom. The fourth-order valence-corrected chi connectivity index (χ4v) is 2.66. The van der Waals surface area contributed by atoms with Crippen molar-refractivity contribution in [3.05, 3.63) is 75.9 Å². The molecule has 1 atom stereocenters. The van der Waals surface area contributed by atoms with Gasteiger partial charge in [0, 0.05) is 10.6 Å². The molecule has 2 amide bonds. The van der Waals surface area contributed by atoms with Crippen molar-refractivity contribution >= 4 is 35.5 Å². The summed E-state index contributed by atoms with van der Waals surface area (Å²) in [6.45, 7) is 7.56. The Hall–Kier alpha value is -3.12. The number of amides is 2. The number of halogens is 1. The summed E-state index contributed by atoms with van der Waals surface area (Å²) in [6.07, 6.45) is 1.46. The Kier molecular flexibility index (Phi) is 7.40. The highest BCUT2D eigenvalue weighted by Crippen LogP contribution is 2.22. The summed E-state index contributed by atoms with van der Waals surface area (Å²) >= 11 is 5.89. The van der Waals surface area contributed by atoms with Gasteiger partial charge >= 0.3 is 5.97 Å². The molecule has 0 radical (unpaired) electrons. The number of carboxylic acid groups (broad SMARTS) is 1. The Morgan fingerprint density at radius 2 is 1.57 bits per heavy atom. The van der Waals surface area contributed by atoms with E-state index in [0.29, 0.717) is 16.1 Å². The van der Waals surface area contributed by atoms with Crippen molar-refractivity contribution in [2.75, 3.05) is 0 Å². The van der Waals surface area contributed by atoms with Gasteiger partial charge in [-0.2, -0.15) is 0 Å². The molecule has 6 nitrogen and oxygen atoms in total. The van der Waals surface area contributed by atoms with Gasteiger partial charge in [0.25, 0.3) is 11.8 Å². The van der Waals surface area contributed by atoms with Crippen LogP contribution < -0.4 is 10.6 Å². The van der Waals surface area contributed by atoms with Gasteiger partial charge in [-0.15, -0.1) is 0 Å². The van der Waals surface area contributed by atoms with Gasteiger partial charge in [0.05, 0.1) is 0 Å². The maximum atomic E-state index is 12.7. The van der Waals surface area contributed by atoms with E-state index in [1.165, 1.54) is 13.0 Å². The minimum Gasteiger partial charge on any atom is -0.480 e. The van der Waals surface area contributed by atoms with Crippen LogP contribution in [0.15, 0.2) is 54.2 Å². The molecule has 0 bridgehead atoms. The number of nitrogens with one attached hydrogen (secondary N) is 2. The van der Waals surface area contributed by atoms with Crippen molar-refractivity contribution in [2.24, 2.45) is 0 Å². The molecule has 0 aliphatic heterocycles. The number of aliphatic carboxylic acids is 1. The Bertz CT molecular complexity index is 958. The monoisotopic (exact) mass is 428 g/mol. The molecule has 2 aromatic carbocycles. The quantitative estimate of drug-likeness (QED) is 0.606. The second-order valence-electron chi connectivity index (χ2n) is 7.92. The molecule has 0 aliphatic rings. The molecule has 1 unspecified atom stereocenters. The van der Waals surface area contributed by atoms with E-state index >= 15 is 0 Å². The standard InChI is InChI=1S/C23H25ClN2O4/c1-14(22(29)30)25-21(28)19(13-15-5-11-18(24)12-6-15)26-20(27)16-7-9-17(10-8-16)23(2,3)4/h5-14H,1-4H3,(H,25,28)(H,26,27)(H,29,30)/b19-13-. The highest BCUT2D eigenvalue weighted by molar-refractivity contribution is 6.30. The first-order valence-electron chi connectivity index (χ1n) is 9.40. The Balaban J connectivity index is 2.29. The number of hydrogen-bond acceptors (Lipinski definition) is 3. The van der Waals surface area contributed by atoms with Crippen molar-refractivity contribution in [3.8, 4) is 0 Å². The van der Waals surface area contributed by atoms with E-state index < -0.39 is 23.8 Å². The van der Waals surface area contributed by atoms with Crippen LogP contribution in [0.5, 0.6) is 0 Å². The molecule has 0 spiro atoms. The van der Waals surface area contributed by atoms with Gasteiger partial charge in [-0.25, -0.2) is 0 Å². The lowest BCUT2D eigenvalue weighted by Gasteiger charge is -2.19. The minimum atomic E-state index is -1.18. The number of carbonyl (C=O) groups excluding carboxylic acids is 2. The predicted octanol–water partition coefficient (Wildman–Crippen LogP) is 4.00. The largest absolute Gasteiger partial charge is 0.480 e. The summed E-state index contributed by atoms with van der Waals surface area (Å²) in [4.78, 5) is 36.4. The van der Waals surface area contributed by atoms with Crippen molar-refractivity contribution in [3.63, 3.8) is 0 Å². The zero-order valence-corrected chi connectivity index (χ0v) is 18.1. The normalized spacial score (nSPS) is 12.8. The highest BCUT2D eigenvalue weighted by Gasteiger charge is 2.20. The molecule has 0 saturated carbocycles. The fraction of sp³-hybridized carbons (Fsp3) is 0.261. The van der Waals surface area contributed by atoms with Crippen LogP contribution >= 0.6 is 11.6 Å². The highest BCUT2D eigenvalue weighted by atomic mass is 35.5. The third-order valence-electron chi connectivity index (χ3n) is 4.40. The molecular formula is C23H25ClN2O4. The van der Waals surface area contributed by atoms with Crippen molar-refractivity contribution in [2.45, 2.75) is 39.2 Å². The molecule has 158 valence electrons. The molecule has 2 aromatic rings. The lowest BCUT2D eigenvalue weighted by Crippen LogP contribution is -2.42. The van der Waals surface area contributed by atoms with Crippen LogP contribution in [0.25, 0.3) is 6.08 Å². The van der Waals surface area contributed by atoms with Gasteiger partial charge in [-0.1, -0.05) is 56.6 Å². The molecule has 0 aliphatic carbocycles. The molecule has 30 heavy (non-hydrogen) atoms. The van der Waals surface area contributed by atoms with Gasteiger partial charge in [0.2, 0.25) is 0 Å². The SMILES string of the molecule is CC(NC(=O)/C(=C/c1ccc(Cl)cc1)NC(=O)c1ccc(C(C)(C)C)cc1)C(=O)O.